The van der Waals surface area contributed by atoms with Crippen molar-refractivity contribution in [3.05, 3.63) is 24.3 Å². The maximum absolute atomic E-state index is 12.9. The summed E-state index contributed by atoms with van der Waals surface area (Å²) in [6.45, 7) is 8.44. The van der Waals surface area contributed by atoms with Gasteiger partial charge in [0, 0.05) is 39.3 Å². The van der Waals surface area contributed by atoms with Crippen molar-refractivity contribution in [3.8, 4) is 5.75 Å². The Morgan fingerprint density at radius 2 is 1.80 bits per heavy atom. The van der Waals surface area contributed by atoms with Gasteiger partial charge in [-0.2, -0.15) is 17.0 Å². The fraction of sp³-hybridized carbons (Fsp3) is 0.667. The van der Waals surface area contributed by atoms with Crippen LogP contribution in [0.2, 0.25) is 0 Å². The zero-order valence-corrected chi connectivity index (χ0v) is 16.0. The van der Waals surface area contributed by atoms with E-state index in [4.69, 9.17) is 4.74 Å². The Labute approximate surface area is 151 Å². The Kier molecular flexibility index (Phi) is 5.86. The van der Waals surface area contributed by atoms with Crippen LogP contribution < -0.4 is 9.64 Å². The van der Waals surface area contributed by atoms with Crippen molar-refractivity contribution in [1.29, 1.82) is 0 Å². The van der Waals surface area contributed by atoms with Gasteiger partial charge in [0.05, 0.1) is 12.3 Å². The molecule has 0 aliphatic carbocycles. The molecule has 7 heteroatoms. The molecule has 1 aromatic rings. The number of ether oxygens (including phenoxy) is 1. The van der Waals surface area contributed by atoms with Crippen LogP contribution in [0.1, 0.15) is 26.7 Å². The maximum atomic E-state index is 12.9. The average Bonchev–Trinajstić information content (AvgIpc) is 2.63. The molecule has 1 unspecified atom stereocenters. The Bertz CT molecular complexity index is 672. The number of anilines is 1. The largest absolute Gasteiger partial charge is 0.492 e. The Morgan fingerprint density at radius 1 is 1.08 bits per heavy atom. The molecule has 0 saturated carbocycles. The van der Waals surface area contributed by atoms with Gasteiger partial charge in [0.2, 0.25) is 0 Å². The first kappa shape index (κ1) is 18.5. The van der Waals surface area contributed by atoms with Gasteiger partial charge in [-0.15, -0.1) is 0 Å². The third-order valence-electron chi connectivity index (χ3n) is 5.02. The number of benzene rings is 1. The predicted octanol–water partition coefficient (Wildman–Crippen LogP) is 2.18. The highest BCUT2D eigenvalue weighted by Crippen LogP contribution is 2.29. The Hall–Kier alpha value is -1.31. The molecule has 2 heterocycles. The molecular formula is C18H29N3O3S. The van der Waals surface area contributed by atoms with E-state index >= 15 is 0 Å². The van der Waals surface area contributed by atoms with E-state index in [0.717, 1.165) is 24.3 Å². The molecule has 2 aliphatic rings. The lowest BCUT2D eigenvalue weighted by atomic mass is 10.0. The van der Waals surface area contributed by atoms with E-state index in [9.17, 15) is 8.42 Å². The number of hydrogen-bond acceptors (Lipinski definition) is 4. The minimum atomic E-state index is -3.34. The number of rotatable bonds is 5. The molecular weight excluding hydrogens is 338 g/mol. The molecule has 2 saturated heterocycles. The van der Waals surface area contributed by atoms with Crippen molar-refractivity contribution in [3.63, 3.8) is 0 Å². The standard InChI is InChI=1S/C18H29N3O3S/c1-3-24-18-9-5-4-8-17(18)19-11-13-20(14-12-19)25(22,23)21-10-6-7-16(2)15-21/h4-5,8-9,16H,3,6-7,10-15H2,1-2H3. The summed E-state index contributed by atoms with van der Waals surface area (Å²) in [6, 6.07) is 7.97. The first-order valence-electron chi connectivity index (χ1n) is 9.24. The zero-order chi connectivity index (χ0) is 17.9. The summed E-state index contributed by atoms with van der Waals surface area (Å²) in [5.74, 6) is 1.31. The second-order valence-corrected chi connectivity index (χ2v) is 8.83. The summed E-state index contributed by atoms with van der Waals surface area (Å²) in [5.41, 5.74) is 1.05. The molecule has 1 atom stereocenters. The SMILES string of the molecule is CCOc1ccccc1N1CCN(S(=O)(=O)N2CCCC(C)C2)CC1. The van der Waals surface area contributed by atoms with Crippen LogP contribution in [-0.2, 0) is 10.2 Å². The normalized spacial score (nSPS) is 23.6. The topological polar surface area (TPSA) is 53.1 Å². The monoisotopic (exact) mass is 367 g/mol. The number of para-hydroxylation sites is 2. The van der Waals surface area contributed by atoms with Crippen LogP contribution in [-0.4, -0.2) is 62.9 Å². The molecule has 140 valence electrons. The van der Waals surface area contributed by atoms with Crippen LogP contribution in [0.5, 0.6) is 5.75 Å². The molecule has 0 aromatic heterocycles. The molecule has 6 nitrogen and oxygen atoms in total. The van der Waals surface area contributed by atoms with Gasteiger partial charge in [-0.25, -0.2) is 0 Å². The fourth-order valence-electron chi connectivity index (χ4n) is 3.67. The number of nitrogens with zero attached hydrogens (tertiary/aromatic N) is 3. The summed E-state index contributed by atoms with van der Waals surface area (Å²) >= 11 is 0. The van der Waals surface area contributed by atoms with Crippen LogP contribution in [0.3, 0.4) is 0 Å². The predicted molar refractivity (Wildman–Crippen MR) is 100 cm³/mol. The summed E-state index contributed by atoms with van der Waals surface area (Å²) < 4.78 is 34.8. The summed E-state index contributed by atoms with van der Waals surface area (Å²) in [6.07, 6.45) is 2.08. The van der Waals surface area contributed by atoms with Gasteiger partial charge >= 0.3 is 0 Å². The van der Waals surface area contributed by atoms with Gasteiger partial charge in [-0.3, -0.25) is 0 Å². The van der Waals surface area contributed by atoms with Gasteiger partial charge in [0.15, 0.2) is 0 Å². The molecule has 2 aliphatic heterocycles. The minimum absolute atomic E-state index is 0.447. The van der Waals surface area contributed by atoms with Crippen molar-refractivity contribution >= 4 is 15.9 Å². The summed E-state index contributed by atoms with van der Waals surface area (Å²) in [5, 5.41) is 0. The van der Waals surface area contributed by atoms with Crippen molar-refractivity contribution in [2.75, 3.05) is 50.8 Å². The highest BCUT2D eigenvalue weighted by atomic mass is 32.2. The highest BCUT2D eigenvalue weighted by molar-refractivity contribution is 7.86. The number of hydrogen-bond donors (Lipinski definition) is 0. The lowest BCUT2D eigenvalue weighted by molar-refractivity contribution is 0.254. The second kappa shape index (κ2) is 7.93. The van der Waals surface area contributed by atoms with Crippen LogP contribution >= 0.6 is 0 Å². The van der Waals surface area contributed by atoms with Crippen molar-refractivity contribution < 1.29 is 13.2 Å². The Morgan fingerprint density at radius 3 is 2.48 bits per heavy atom. The molecule has 3 rings (SSSR count). The second-order valence-electron chi connectivity index (χ2n) is 6.90. The van der Waals surface area contributed by atoms with Gasteiger partial charge in [-0.05, 0) is 37.8 Å². The van der Waals surface area contributed by atoms with Crippen molar-refractivity contribution in [1.82, 2.24) is 8.61 Å². The molecule has 0 N–H and O–H groups in total. The molecule has 0 amide bonds. The maximum Gasteiger partial charge on any atom is 0.282 e. The van der Waals surface area contributed by atoms with Gasteiger partial charge in [-0.1, -0.05) is 19.1 Å². The van der Waals surface area contributed by atoms with E-state index in [1.165, 1.54) is 0 Å². The highest BCUT2D eigenvalue weighted by Gasteiger charge is 2.34. The quantitative estimate of drug-likeness (QED) is 0.800. The van der Waals surface area contributed by atoms with E-state index in [1.807, 2.05) is 31.2 Å². The van der Waals surface area contributed by atoms with Crippen molar-refractivity contribution in [2.24, 2.45) is 5.92 Å². The number of piperidine rings is 1. The van der Waals surface area contributed by atoms with Gasteiger partial charge in [0.25, 0.3) is 10.2 Å². The van der Waals surface area contributed by atoms with Crippen LogP contribution in [0.4, 0.5) is 5.69 Å². The van der Waals surface area contributed by atoms with Crippen LogP contribution in [0.25, 0.3) is 0 Å². The Balaban J connectivity index is 1.65. The summed E-state index contributed by atoms with van der Waals surface area (Å²) in [4.78, 5) is 2.22. The molecule has 25 heavy (non-hydrogen) atoms. The third kappa shape index (κ3) is 4.10. The van der Waals surface area contributed by atoms with E-state index in [-0.39, 0.29) is 0 Å². The van der Waals surface area contributed by atoms with Gasteiger partial charge < -0.3 is 9.64 Å². The first-order valence-corrected chi connectivity index (χ1v) is 10.6. The van der Waals surface area contributed by atoms with E-state index in [0.29, 0.717) is 51.8 Å². The first-order chi connectivity index (χ1) is 12.0. The number of piperazine rings is 1. The van der Waals surface area contributed by atoms with Crippen LogP contribution in [0.15, 0.2) is 24.3 Å². The van der Waals surface area contributed by atoms with Crippen LogP contribution in [0, 0.1) is 5.92 Å². The molecule has 0 spiro atoms. The lowest BCUT2D eigenvalue weighted by Gasteiger charge is -2.39. The van der Waals surface area contributed by atoms with E-state index < -0.39 is 10.2 Å². The smallest absolute Gasteiger partial charge is 0.282 e. The molecule has 1 aromatic carbocycles. The molecule has 0 radical (unpaired) electrons. The third-order valence-corrected chi connectivity index (χ3v) is 7.02. The van der Waals surface area contributed by atoms with E-state index in [2.05, 4.69) is 11.8 Å². The van der Waals surface area contributed by atoms with E-state index in [1.54, 1.807) is 8.61 Å². The average molecular weight is 368 g/mol. The summed E-state index contributed by atoms with van der Waals surface area (Å²) in [7, 11) is -3.34. The molecule has 0 bridgehead atoms. The zero-order valence-electron chi connectivity index (χ0n) is 15.2. The lowest BCUT2D eigenvalue weighted by Crippen LogP contribution is -2.54. The van der Waals surface area contributed by atoms with Gasteiger partial charge in [0.1, 0.15) is 5.75 Å². The fourth-order valence-corrected chi connectivity index (χ4v) is 5.43. The molecule has 2 fully saturated rings. The van der Waals surface area contributed by atoms with Crippen molar-refractivity contribution in [2.45, 2.75) is 26.7 Å². The minimum Gasteiger partial charge on any atom is -0.492 e.